The van der Waals surface area contributed by atoms with Crippen molar-refractivity contribution in [3.05, 3.63) is 47.7 Å². The minimum absolute atomic E-state index is 0.384. The second kappa shape index (κ2) is 4.34. The van der Waals surface area contributed by atoms with Crippen molar-refractivity contribution in [3.63, 3.8) is 0 Å². The van der Waals surface area contributed by atoms with Crippen molar-refractivity contribution < 1.29 is 0 Å². The summed E-state index contributed by atoms with van der Waals surface area (Å²) in [6.45, 7) is 5.03. The SMILES string of the molecule is C=C(NC)C1Cc2ccccc2CN1P. The third-order valence-corrected chi connectivity index (χ3v) is 3.55. The minimum Gasteiger partial charge on any atom is -0.391 e. The lowest BCUT2D eigenvalue weighted by Gasteiger charge is -2.34. The standard InChI is InChI=1S/C12H17N2P/c1-9(13-2)12-7-10-5-3-4-6-11(10)8-14(12)15/h3-6,12-13H,1,7-8,15H2,2H3. The number of hydrogen-bond acceptors (Lipinski definition) is 2. The van der Waals surface area contributed by atoms with Crippen LogP contribution in [0.15, 0.2) is 36.5 Å². The first-order valence-corrected chi connectivity index (χ1v) is 5.68. The van der Waals surface area contributed by atoms with E-state index in [1.165, 1.54) is 11.1 Å². The predicted molar refractivity (Wildman–Crippen MR) is 67.4 cm³/mol. The van der Waals surface area contributed by atoms with E-state index in [1.54, 1.807) is 0 Å². The van der Waals surface area contributed by atoms with Crippen LogP contribution in [0, 0.1) is 0 Å². The van der Waals surface area contributed by atoms with Gasteiger partial charge in [-0.1, -0.05) is 40.2 Å². The Bertz CT molecular complexity index is 376. The zero-order chi connectivity index (χ0) is 10.8. The summed E-state index contributed by atoms with van der Waals surface area (Å²) in [6.07, 6.45) is 1.04. The van der Waals surface area contributed by atoms with Crippen LogP contribution in [0.3, 0.4) is 0 Å². The molecule has 2 nitrogen and oxygen atoms in total. The Morgan fingerprint density at radius 1 is 1.47 bits per heavy atom. The first kappa shape index (κ1) is 10.7. The van der Waals surface area contributed by atoms with E-state index in [-0.39, 0.29) is 0 Å². The molecular weight excluding hydrogens is 203 g/mol. The zero-order valence-electron chi connectivity index (χ0n) is 9.03. The molecular formula is C12H17N2P. The summed E-state index contributed by atoms with van der Waals surface area (Å²) in [6, 6.07) is 9.00. The highest BCUT2D eigenvalue weighted by molar-refractivity contribution is 7.13. The van der Waals surface area contributed by atoms with Gasteiger partial charge in [-0.3, -0.25) is 4.67 Å². The van der Waals surface area contributed by atoms with Gasteiger partial charge in [-0.15, -0.1) is 0 Å². The molecule has 0 fully saturated rings. The molecule has 1 aliphatic rings. The Kier molecular flexibility index (Phi) is 3.08. The van der Waals surface area contributed by atoms with Gasteiger partial charge >= 0.3 is 0 Å². The molecule has 0 radical (unpaired) electrons. The molecule has 0 amide bonds. The molecule has 0 spiro atoms. The summed E-state index contributed by atoms with van der Waals surface area (Å²) in [7, 11) is 4.73. The van der Waals surface area contributed by atoms with Gasteiger partial charge in [-0.25, -0.2) is 0 Å². The zero-order valence-corrected chi connectivity index (χ0v) is 10.2. The highest BCUT2D eigenvalue weighted by Gasteiger charge is 2.24. The fourth-order valence-electron chi connectivity index (χ4n) is 2.03. The van der Waals surface area contributed by atoms with Gasteiger partial charge in [0.05, 0.1) is 6.04 Å². The van der Waals surface area contributed by atoms with E-state index < -0.39 is 0 Å². The monoisotopic (exact) mass is 220 g/mol. The largest absolute Gasteiger partial charge is 0.391 e. The summed E-state index contributed by atoms with van der Waals surface area (Å²) in [5, 5.41) is 3.15. The van der Waals surface area contributed by atoms with Crippen molar-refractivity contribution in [2.75, 3.05) is 7.05 Å². The minimum atomic E-state index is 0.384. The number of nitrogens with zero attached hydrogens (tertiary/aromatic N) is 1. The number of nitrogens with one attached hydrogen (secondary N) is 1. The van der Waals surface area contributed by atoms with Crippen molar-refractivity contribution in [2.24, 2.45) is 0 Å². The second-order valence-electron chi connectivity index (χ2n) is 3.94. The lowest BCUT2D eigenvalue weighted by atomic mass is 9.94. The molecule has 80 valence electrons. The molecule has 1 aliphatic heterocycles. The molecule has 2 atom stereocenters. The van der Waals surface area contributed by atoms with Gasteiger partial charge < -0.3 is 5.32 Å². The summed E-state index contributed by atoms with van der Waals surface area (Å²) in [4.78, 5) is 0. The molecule has 15 heavy (non-hydrogen) atoms. The third-order valence-electron chi connectivity index (χ3n) is 3.01. The number of fused-ring (bicyclic) bond motifs is 1. The molecule has 2 rings (SSSR count). The van der Waals surface area contributed by atoms with E-state index in [9.17, 15) is 0 Å². The number of benzene rings is 1. The van der Waals surface area contributed by atoms with Crippen molar-refractivity contribution >= 4 is 9.39 Å². The normalized spacial score (nSPS) is 20.8. The quantitative estimate of drug-likeness (QED) is 0.766. The number of hydrogen-bond donors (Lipinski definition) is 1. The number of likely N-dealkylation sites (N-methyl/N-ethyl adjacent to an activating group) is 1. The van der Waals surface area contributed by atoms with Crippen LogP contribution in [0.25, 0.3) is 0 Å². The Labute approximate surface area is 93.6 Å². The average Bonchev–Trinajstić information content (AvgIpc) is 2.27. The van der Waals surface area contributed by atoms with Gasteiger partial charge in [0.1, 0.15) is 0 Å². The molecule has 0 bridgehead atoms. The van der Waals surface area contributed by atoms with Gasteiger partial charge in [0.15, 0.2) is 0 Å². The first-order chi connectivity index (χ1) is 7.22. The Balaban J connectivity index is 2.25. The lowest BCUT2D eigenvalue weighted by Crippen LogP contribution is -2.38. The van der Waals surface area contributed by atoms with E-state index in [0.717, 1.165) is 18.7 Å². The fraction of sp³-hybridized carbons (Fsp3) is 0.333. The maximum absolute atomic E-state index is 4.05. The van der Waals surface area contributed by atoms with Gasteiger partial charge in [-0.05, 0) is 17.5 Å². The molecule has 0 saturated carbocycles. The van der Waals surface area contributed by atoms with Crippen LogP contribution in [-0.4, -0.2) is 17.8 Å². The van der Waals surface area contributed by atoms with Crippen LogP contribution in [-0.2, 0) is 13.0 Å². The van der Waals surface area contributed by atoms with E-state index in [4.69, 9.17) is 0 Å². The third kappa shape index (κ3) is 2.06. The van der Waals surface area contributed by atoms with Crippen LogP contribution >= 0.6 is 9.39 Å². The van der Waals surface area contributed by atoms with Crippen LogP contribution in [0.4, 0.5) is 0 Å². The summed E-state index contributed by atoms with van der Waals surface area (Å²) in [5.41, 5.74) is 3.95. The average molecular weight is 220 g/mol. The molecule has 1 N–H and O–H groups in total. The highest BCUT2D eigenvalue weighted by Crippen LogP contribution is 2.27. The molecule has 0 saturated heterocycles. The lowest BCUT2D eigenvalue weighted by molar-refractivity contribution is 0.348. The molecule has 0 aliphatic carbocycles. The Hall–Kier alpha value is -0.850. The van der Waals surface area contributed by atoms with Crippen LogP contribution < -0.4 is 5.32 Å². The molecule has 3 heteroatoms. The maximum Gasteiger partial charge on any atom is 0.0564 e. The summed E-state index contributed by atoms with van der Waals surface area (Å²) >= 11 is 0. The van der Waals surface area contributed by atoms with Crippen molar-refractivity contribution in [3.8, 4) is 0 Å². The smallest absolute Gasteiger partial charge is 0.0564 e. The van der Waals surface area contributed by atoms with Crippen LogP contribution in [0.1, 0.15) is 11.1 Å². The van der Waals surface area contributed by atoms with Gasteiger partial charge in [0, 0.05) is 19.3 Å². The van der Waals surface area contributed by atoms with E-state index in [0.29, 0.717) is 6.04 Å². The fourth-order valence-corrected chi connectivity index (χ4v) is 2.52. The van der Waals surface area contributed by atoms with Gasteiger partial charge in [-0.2, -0.15) is 0 Å². The summed E-state index contributed by atoms with van der Waals surface area (Å²) in [5.74, 6) is 0. The van der Waals surface area contributed by atoms with E-state index in [1.807, 2.05) is 7.05 Å². The second-order valence-corrected chi connectivity index (χ2v) is 4.60. The molecule has 1 heterocycles. The van der Waals surface area contributed by atoms with Crippen molar-refractivity contribution in [1.82, 2.24) is 9.99 Å². The van der Waals surface area contributed by atoms with Crippen LogP contribution in [0.2, 0.25) is 0 Å². The maximum atomic E-state index is 4.05. The van der Waals surface area contributed by atoms with Crippen LogP contribution in [0.5, 0.6) is 0 Å². The molecule has 2 unspecified atom stereocenters. The molecule has 1 aromatic rings. The van der Waals surface area contributed by atoms with Gasteiger partial charge in [0.2, 0.25) is 0 Å². The Morgan fingerprint density at radius 3 is 2.80 bits per heavy atom. The Morgan fingerprint density at radius 2 is 2.13 bits per heavy atom. The van der Waals surface area contributed by atoms with E-state index >= 15 is 0 Å². The highest BCUT2D eigenvalue weighted by atomic mass is 31.0. The predicted octanol–water partition coefficient (Wildman–Crippen LogP) is 1.94. The summed E-state index contributed by atoms with van der Waals surface area (Å²) < 4.78 is 2.27. The first-order valence-electron chi connectivity index (χ1n) is 5.17. The van der Waals surface area contributed by atoms with Crippen molar-refractivity contribution in [1.29, 1.82) is 0 Å². The van der Waals surface area contributed by atoms with Crippen molar-refractivity contribution in [2.45, 2.75) is 19.0 Å². The molecule has 1 aromatic carbocycles. The van der Waals surface area contributed by atoms with Gasteiger partial charge in [0.25, 0.3) is 0 Å². The van der Waals surface area contributed by atoms with E-state index in [2.05, 4.69) is 50.2 Å². The topological polar surface area (TPSA) is 15.3 Å². The number of rotatable bonds is 2. The molecule has 0 aromatic heterocycles.